The lowest BCUT2D eigenvalue weighted by atomic mass is 10.2. The fourth-order valence-corrected chi connectivity index (χ4v) is 4.70. The first-order chi connectivity index (χ1) is 6.96. The summed E-state index contributed by atoms with van der Waals surface area (Å²) in [6, 6.07) is 2.12. The lowest BCUT2D eigenvalue weighted by Gasteiger charge is -2.37. The van der Waals surface area contributed by atoms with E-state index >= 15 is 0 Å². The zero-order valence-electron chi connectivity index (χ0n) is 9.01. The smallest absolute Gasteiger partial charge is 0.164 e. The van der Waals surface area contributed by atoms with E-state index < -0.39 is 15.2 Å². The molecule has 0 spiro atoms. The molecule has 15 heavy (non-hydrogen) atoms. The average molecular weight is 248 g/mol. The van der Waals surface area contributed by atoms with Crippen molar-refractivity contribution in [2.45, 2.75) is 24.8 Å². The largest absolute Gasteiger partial charge is 0.282 e. The van der Waals surface area contributed by atoms with Crippen LogP contribution in [0.3, 0.4) is 0 Å². The third-order valence-electron chi connectivity index (χ3n) is 2.57. The molecule has 2 atom stereocenters. The second-order valence-electron chi connectivity index (χ2n) is 3.81. The van der Waals surface area contributed by atoms with Crippen LogP contribution in [0.1, 0.15) is 13.3 Å². The summed E-state index contributed by atoms with van der Waals surface area (Å²) >= 11 is 1.67. The molecule has 6 heteroatoms. The Kier molecular flexibility index (Phi) is 4.44. The number of nitriles is 1. The molecule has 1 aliphatic rings. The van der Waals surface area contributed by atoms with Crippen molar-refractivity contribution in [3.8, 4) is 6.07 Å². The fraction of sp³-hybridized carbons (Fsp3) is 0.889. The Morgan fingerprint density at radius 2 is 2.33 bits per heavy atom. The molecule has 0 bridgehead atoms. The van der Waals surface area contributed by atoms with Crippen molar-refractivity contribution in [2.24, 2.45) is 0 Å². The molecular weight excluding hydrogens is 232 g/mol. The maximum Gasteiger partial charge on any atom is 0.164 e. The molecule has 0 radical (unpaired) electrons. The van der Waals surface area contributed by atoms with Crippen LogP contribution in [-0.2, 0) is 9.84 Å². The lowest BCUT2D eigenvalue weighted by Crippen LogP contribution is -2.50. The summed E-state index contributed by atoms with van der Waals surface area (Å²) < 4.78 is 23.1. The highest BCUT2D eigenvalue weighted by molar-refractivity contribution is 8.00. The van der Waals surface area contributed by atoms with Gasteiger partial charge in [-0.15, -0.1) is 0 Å². The molecule has 0 amide bonds. The molecule has 1 heterocycles. The highest BCUT2D eigenvalue weighted by Crippen LogP contribution is 2.23. The first kappa shape index (κ1) is 12.8. The summed E-state index contributed by atoms with van der Waals surface area (Å²) in [5.74, 6) is 1.57. The molecule has 0 saturated carbocycles. The van der Waals surface area contributed by atoms with Gasteiger partial charge in [0.1, 0.15) is 5.37 Å². The summed E-state index contributed by atoms with van der Waals surface area (Å²) in [6.07, 6.45) is 1.66. The van der Waals surface area contributed by atoms with Gasteiger partial charge in [0.25, 0.3) is 0 Å². The van der Waals surface area contributed by atoms with E-state index in [0.29, 0.717) is 12.2 Å². The van der Waals surface area contributed by atoms with Crippen LogP contribution in [0.15, 0.2) is 0 Å². The van der Waals surface area contributed by atoms with E-state index in [-0.39, 0.29) is 6.04 Å². The van der Waals surface area contributed by atoms with Crippen LogP contribution in [0.25, 0.3) is 0 Å². The van der Waals surface area contributed by atoms with Gasteiger partial charge >= 0.3 is 0 Å². The summed E-state index contributed by atoms with van der Waals surface area (Å²) in [6.45, 7) is 2.67. The molecule has 4 nitrogen and oxygen atoms in total. The lowest BCUT2D eigenvalue weighted by molar-refractivity contribution is 0.207. The quantitative estimate of drug-likeness (QED) is 0.736. The topological polar surface area (TPSA) is 61.2 Å². The summed E-state index contributed by atoms with van der Waals surface area (Å²) in [5.41, 5.74) is 0. The summed E-state index contributed by atoms with van der Waals surface area (Å²) in [4.78, 5) is 1.94. The first-order valence-electron chi connectivity index (χ1n) is 4.86. The number of hydrogen-bond donors (Lipinski definition) is 0. The van der Waals surface area contributed by atoms with Gasteiger partial charge in [-0.1, -0.05) is 0 Å². The third-order valence-corrected chi connectivity index (χ3v) is 5.23. The van der Waals surface area contributed by atoms with Crippen LogP contribution in [0, 0.1) is 11.3 Å². The Morgan fingerprint density at radius 1 is 1.67 bits per heavy atom. The van der Waals surface area contributed by atoms with E-state index in [0.717, 1.165) is 12.3 Å². The van der Waals surface area contributed by atoms with Gasteiger partial charge in [0, 0.05) is 30.3 Å². The maximum absolute atomic E-state index is 11.6. The number of hydrogen-bond acceptors (Lipinski definition) is 5. The second-order valence-corrected chi connectivity index (χ2v) is 7.16. The molecule has 86 valence electrons. The van der Waals surface area contributed by atoms with E-state index in [4.69, 9.17) is 5.26 Å². The Balaban J connectivity index is 2.79. The van der Waals surface area contributed by atoms with Gasteiger partial charge in [-0.3, -0.25) is 4.90 Å². The van der Waals surface area contributed by atoms with Crippen molar-refractivity contribution in [3.05, 3.63) is 0 Å². The maximum atomic E-state index is 11.6. The van der Waals surface area contributed by atoms with Crippen molar-refractivity contribution in [1.29, 1.82) is 5.26 Å². The second kappa shape index (κ2) is 5.19. The molecule has 1 rings (SSSR count). The van der Waals surface area contributed by atoms with Gasteiger partial charge in [-0.25, -0.2) is 8.42 Å². The third kappa shape index (κ3) is 3.37. The average Bonchev–Trinajstić information content (AvgIpc) is 2.17. The minimum Gasteiger partial charge on any atom is -0.282 e. The van der Waals surface area contributed by atoms with Crippen LogP contribution in [0.5, 0.6) is 0 Å². The van der Waals surface area contributed by atoms with E-state index in [1.807, 2.05) is 11.8 Å². The van der Waals surface area contributed by atoms with Crippen molar-refractivity contribution in [3.63, 3.8) is 0 Å². The zero-order chi connectivity index (χ0) is 11.5. The summed E-state index contributed by atoms with van der Waals surface area (Å²) in [7, 11) is -3.04. The minimum atomic E-state index is -3.04. The molecular formula is C9H16N2O2S2. The highest BCUT2D eigenvalue weighted by Gasteiger charge is 2.33. The number of sulfone groups is 1. The van der Waals surface area contributed by atoms with Crippen molar-refractivity contribution < 1.29 is 8.42 Å². The predicted molar refractivity (Wildman–Crippen MR) is 62.4 cm³/mol. The van der Waals surface area contributed by atoms with Crippen LogP contribution >= 0.6 is 11.8 Å². The van der Waals surface area contributed by atoms with Gasteiger partial charge in [0.2, 0.25) is 0 Å². The number of nitrogens with zero attached hydrogens (tertiary/aromatic N) is 2. The van der Waals surface area contributed by atoms with Gasteiger partial charge in [0.05, 0.1) is 12.5 Å². The van der Waals surface area contributed by atoms with Gasteiger partial charge in [-0.2, -0.15) is 17.0 Å². The normalized spacial score (nSPS) is 25.8. The first-order valence-corrected chi connectivity index (χ1v) is 7.97. The SMILES string of the molecule is CC(CC#N)N1CCSCC1S(C)(=O)=O. The summed E-state index contributed by atoms with van der Waals surface area (Å²) in [5, 5.41) is 8.21. The number of thioether (sulfide) groups is 1. The van der Waals surface area contributed by atoms with E-state index in [2.05, 4.69) is 6.07 Å². The van der Waals surface area contributed by atoms with Crippen LogP contribution in [0.4, 0.5) is 0 Å². The molecule has 0 N–H and O–H groups in total. The van der Waals surface area contributed by atoms with E-state index in [9.17, 15) is 8.42 Å². The fourth-order valence-electron chi connectivity index (χ4n) is 1.72. The molecule has 0 aromatic carbocycles. The van der Waals surface area contributed by atoms with Crippen LogP contribution < -0.4 is 0 Å². The van der Waals surface area contributed by atoms with E-state index in [1.165, 1.54) is 6.26 Å². The number of rotatable bonds is 3. The molecule has 2 unspecified atom stereocenters. The Hall–Kier alpha value is -0.250. The molecule has 0 aliphatic carbocycles. The standard InChI is InChI=1S/C9H16N2O2S2/c1-8(3-4-10)11-5-6-14-7-9(11)15(2,12)13/h8-9H,3,5-7H2,1-2H3. The Bertz CT molecular complexity index is 348. The molecule has 1 aliphatic heterocycles. The van der Waals surface area contributed by atoms with Crippen LogP contribution in [0.2, 0.25) is 0 Å². The van der Waals surface area contributed by atoms with E-state index in [1.54, 1.807) is 11.8 Å². The Morgan fingerprint density at radius 3 is 2.87 bits per heavy atom. The predicted octanol–water partition coefficient (Wildman–Crippen LogP) is 0.708. The minimum absolute atomic E-state index is 0.0237. The van der Waals surface area contributed by atoms with Crippen LogP contribution in [-0.4, -0.2) is 49.0 Å². The van der Waals surface area contributed by atoms with Crippen molar-refractivity contribution in [2.75, 3.05) is 24.3 Å². The highest BCUT2D eigenvalue weighted by atomic mass is 32.2. The molecule has 1 fully saturated rings. The molecule has 0 aromatic rings. The zero-order valence-corrected chi connectivity index (χ0v) is 10.6. The van der Waals surface area contributed by atoms with Gasteiger partial charge in [-0.05, 0) is 6.92 Å². The molecule has 1 saturated heterocycles. The van der Waals surface area contributed by atoms with Crippen molar-refractivity contribution >= 4 is 21.6 Å². The monoisotopic (exact) mass is 248 g/mol. The van der Waals surface area contributed by atoms with Gasteiger partial charge < -0.3 is 0 Å². The van der Waals surface area contributed by atoms with Crippen molar-refractivity contribution in [1.82, 2.24) is 4.90 Å². The van der Waals surface area contributed by atoms with Gasteiger partial charge in [0.15, 0.2) is 9.84 Å². The molecule has 0 aromatic heterocycles. The Labute approximate surface area is 95.6 Å².